The Morgan fingerprint density at radius 1 is 1.14 bits per heavy atom. The quantitative estimate of drug-likeness (QED) is 0.472. The van der Waals surface area contributed by atoms with Crippen LogP contribution in [0.2, 0.25) is 0 Å². The van der Waals surface area contributed by atoms with Crippen molar-refractivity contribution in [2.75, 3.05) is 26.3 Å². The van der Waals surface area contributed by atoms with Crippen LogP contribution in [0.3, 0.4) is 0 Å². The molecule has 3 fully saturated rings. The Bertz CT molecular complexity index is 1140. The normalized spacial score (nSPS) is 25.8. The summed E-state index contributed by atoms with van der Waals surface area (Å²) in [5, 5.41) is 5.85. The van der Waals surface area contributed by atoms with Gasteiger partial charge in [0.05, 0.1) is 18.2 Å². The maximum Gasteiger partial charge on any atom is 0.407 e. The molecule has 0 radical (unpaired) electrons. The van der Waals surface area contributed by atoms with Gasteiger partial charge in [0.25, 0.3) is 0 Å². The first-order valence-corrected chi connectivity index (χ1v) is 11.8. The molecule has 8 heteroatoms. The van der Waals surface area contributed by atoms with Crippen molar-refractivity contribution in [2.24, 2.45) is 0 Å². The highest BCUT2D eigenvalue weighted by atomic mass is 19.1. The second kappa shape index (κ2) is 9.23. The van der Waals surface area contributed by atoms with Crippen LogP contribution in [0.15, 0.2) is 48.5 Å². The first kappa shape index (κ1) is 23.2. The number of alkyl carbamates (subject to hydrolysis) is 1. The van der Waals surface area contributed by atoms with Crippen molar-refractivity contribution >= 4 is 12.1 Å². The van der Waals surface area contributed by atoms with Crippen molar-refractivity contribution in [1.29, 1.82) is 0 Å². The van der Waals surface area contributed by atoms with Crippen molar-refractivity contribution < 1.29 is 23.5 Å². The topological polar surface area (TPSA) is 79.9 Å². The average molecular weight is 478 g/mol. The second-order valence-electron chi connectivity index (χ2n) is 9.59. The number of ether oxygens (including phenoxy) is 2. The third-order valence-corrected chi connectivity index (χ3v) is 7.09. The molecule has 1 aliphatic heterocycles. The van der Waals surface area contributed by atoms with E-state index in [2.05, 4.69) is 22.6 Å². The van der Waals surface area contributed by atoms with Crippen molar-refractivity contribution in [1.82, 2.24) is 15.5 Å². The van der Waals surface area contributed by atoms with E-state index in [9.17, 15) is 14.0 Å². The summed E-state index contributed by atoms with van der Waals surface area (Å²) >= 11 is 0. The molecule has 0 aromatic heterocycles. The van der Waals surface area contributed by atoms with Gasteiger partial charge in [-0.1, -0.05) is 42.3 Å². The first-order chi connectivity index (χ1) is 16.9. The Morgan fingerprint density at radius 3 is 2.63 bits per heavy atom. The first-order valence-electron chi connectivity index (χ1n) is 11.8. The Labute approximate surface area is 204 Å². The third kappa shape index (κ3) is 4.56. The van der Waals surface area contributed by atoms with Crippen LogP contribution in [0.4, 0.5) is 14.0 Å². The van der Waals surface area contributed by atoms with Gasteiger partial charge in [0.1, 0.15) is 18.0 Å². The van der Waals surface area contributed by atoms with Gasteiger partial charge in [-0.2, -0.15) is 0 Å². The number of terminal acetylenes is 1. The lowest BCUT2D eigenvalue weighted by Gasteiger charge is -2.68. The minimum Gasteiger partial charge on any atom is -0.443 e. The number of halogens is 1. The number of hydrogen-bond donors (Lipinski definition) is 2. The lowest BCUT2D eigenvalue weighted by molar-refractivity contribution is -0.215. The van der Waals surface area contributed by atoms with Gasteiger partial charge in [-0.05, 0) is 35.2 Å². The fraction of sp³-hybridized carbons (Fsp3) is 0.407. The summed E-state index contributed by atoms with van der Waals surface area (Å²) in [5.41, 5.74) is 2.26. The highest BCUT2D eigenvalue weighted by Crippen LogP contribution is 2.62. The lowest BCUT2D eigenvalue weighted by atomic mass is 9.46. The van der Waals surface area contributed by atoms with Crippen molar-refractivity contribution in [2.45, 2.75) is 42.9 Å². The summed E-state index contributed by atoms with van der Waals surface area (Å²) in [6.45, 7) is 1.40. The summed E-state index contributed by atoms with van der Waals surface area (Å²) in [5.74, 6) is 2.05. The predicted molar refractivity (Wildman–Crippen MR) is 127 cm³/mol. The molecule has 1 atom stereocenters. The highest BCUT2D eigenvalue weighted by Gasteiger charge is 2.71. The Balaban J connectivity index is 1.20. The van der Waals surface area contributed by atoms with Gasteiger partial charge in [0.2, 0.25) is 0 Å². The summed E-state index contributed by atoms with van der Waals surface area (Å²) in [6, 6.07) is 14.0. The van der Waals surface area contributed by atoms with Crippen molar-refractivity contribution in [3.8, 4) is 12.3 Å². The molecule has 0 unspecified atom stereocenters. The lowest BCUT2D eigenvalue weighted by Crippen LogP contribution is -2.80. The van der Waals surface area contributed by atoms with Crippen LogP contribution in [0.5, 0.6) is 0 Å². The van der Waals surface area contributed by atoms with Gasteiger partial charge < -0.3 is 25.0 Å². The Kier molecular flexibility index (Phi) is 6.12. The zero-order valence-corrected chi connectivity index (χ0v) is 19.4. The van der Waals surface area contributed by atoms with Gasteiger partial charge in [-0.25, -0.2) is 14.0 Å². The molecule has 35 heavy (non-hydrogen) atoms. The average Bonchev–Trinajstić information content (AvgIpc) is 2.81. The van der Waals surface area contributed by atoms with Crippen LogP contribution in [0.1, 0.15) is 42.0 Å². The molecule has 2 aromatic carbocycles. The van der Waals surface area contributed by atoms with E-state index in [-0.39, 0.29) is 30.0 Å². The monoisotopic (exact) mass is 477 g/mol. The summed E-state index contributed by atoms with van der Waals surface area (Å²) in [7, 11) is 0. The van der Waals surface area contributed by atoms with E-state index in [1.807, 2.05) is 23.1 Å². The van der Waals surface area contributed by atoms with Crippen LogP contribution in [-0.4, -0.2) is 54.5 Å². The standard InChI is InChI=1S/C27H28FN3O4/c1-2-14-34-15-12-29-25(33)35-27-16-26(17-27,18-27)30-24(32)31-13-11-19-5-3-4-6-22(19)23(31)20-7-9-21(28)10-8-20/h1,3-10,23H,11-18H2,(H,29,33)(H,30,32)/t23-,26?,27?/m0/s1. The SMILES string of the molecule is C#CCOCCNC(=O)OC12CC(NC(=O)N3CCc4ccccc4[C@@H]3c3ccc(F)cc3)(C1)C2. The molecule has 0 saturated heterocycles. The minimum absolute atomic E-state index is 0.155. The fourth-order valence-corrected chi connectivity index (χ4v) is 5.61. The number of fused-ring (bicyclic) bond motifs is 1. The smallest absolute Gasteiger partial charge is 0.407 e. The van der Waals surface area contributed by atoms with Crippen LogP contribution in [0, 0.1) is 18.2 Å². The zero-order chi connectivity index (χ0) is 24.5. The van der Waals surface area contributed by atoms with Gasteiger partial charge >= 0.3 is 12.1 Å². The summed E-state index contributed by atoms with van der Waals surface area (Å²) in [6.07, 6.45) is 7.16. The number of urea groups is 1. The largest absolute Gasteiger partial charge is 0.443 e. The van der Waals surface area contributed by atoms with Gasteiger partial charge in [0, 0.05) is 32.4 Å². The highest BCUT2D eigenvalue weighted by molar-refractivity contribution is 5.78. The molecular weight excluding hydrogens is 449 g/mol. The van der Waals surface area contributed by atoms with Crippen molar-refractivity contribution in [3.05, 3.63) is 71.0 Å². The molecule has 3 amide bonds. The van der Waals surface area contributed by atoms with E-state index in [1.54, 1.807) is 12.1 Å². The molecule has 6 rings (SSSR count). The fourth-order valence-electron chi connectivity index (χ4n) is 5.61. The van der Waals surface area contributed by atoms with Gasteiger partial charge in [-0.3, -0.25) is 0 Å². The Morgan fingerprint density at radius 2 is 1.89 bits per heavy atom. The molecule has 2 aromatic rings. The molecule has 7 nitrogen and oxygen atoms in total. The number of amides is 3. The molecule has 4 aliphatic rings. The molecule has 3 aliphatic carbocycles. The van der Waals surface area contributed by atoms with E-state index in [4.69, 9.17) is 15.9 Å². The zero-order valence-electron chi connectivity index (χ0n) is 19.4. The van der Waals surface area contributed by atoms with E-state index in [0.717, 1.165) is 17.5 Å². The van der Waals surface area contributed by atoms with Gasteiger partial charge in [-0.15, -0.1) is 6.42 Å². The van der Waals surface area contributed by atoms with E-state index in [0.29, 0.717) is 39.0 Å². The second-order valence-corrected chi connectivity index (χ2v) is 9.59. The molecule has 2 bridgehead atoms. The number of nitrogens with zero attached hydrogens (tertiary/aromatic N) is 1. The number of nitrogens with one attached hydrogen (secondary N) is 2. The summed E-state index contributed by atoms with van der Waals surface area (Å²) in [4.78, 5) is 27.3. The number of benzene rings is 2. The number of carbonyl (C=O) groups is 2. The van der Waals surface area contributed by atoms with Crippen LogP contribution < -0.4 is 10.6 Å². The summed E-state index contributed by atoms with van der Waals surface area (Å²) < 4.78 is 24.3. The molecular formula is C27H28FN3O4. The molecule has 182 valence electrons. The molecule has 1 heterocycles. The number of hydrogen-bond acceptors (Lipinski definition) is 4. The van der Waals surface area contributed by atoms with Crippen LogP contribution >= 0.6 is 0 Å². The molecule has 2 N–H and O–H groups in total. The predicted octanol–water partition coefficient (Wildman–Crippen LogP) is 3.53. The number of rotatable bonds is 7. The maximum atomic E-state index is 13.6. The van der Waals surface area contributed by atoms with Crippen molar-refractivity contribution in [3.63, 3.8) is 0 Å². The maximum absolute atomic E-state index is 13.6. The molecule has 0 spiro atoms. The third-order valence-electron chi connectivity index (χ3n) is 7.09. The van der Waals surface area contributed by atoms with Crippen LogP contribution in [0.25, 0.3) is 0 Å². The molecule has 3 saturated carbocycles. The van der Waals surface area contributed by atoms with Gasteiger partial charge in [0.15, 0.2) is 0 Å². The number of carbonyl (C=O) groups excluding carboxylic acids is 2. The minimum atomic E-state index is -0.512. The van der Waals surface area contributed by atoms with E-state index >= 15 is 0 Å². The van der Waals surface area contributed by atoms with E-state index in [1.165, 1.54) is 17.7 Å². The Hall–Kier alpha value is -3.57. The van der Waals surface area contributed by atoms with Crippen LogP contribution in [-0.2, 0) is 15.9 Å². The van der Waals surface area contributed by atoms with E-state index < -0.39 is 11.7 Å².